The average Bonchev–Trinajstić information content (AvgIpc) is 3.26. The molecule has 0 N–H and O–H groups in total. The number of para-hydroxylation sites is 2. The summed E-state index contributed by atoms with van der Waals surface area (Å²) < 4.78 is 10.7. The molecule has 0 aromatic heterocycles. The maximum absolute atomic E-state index is 5.38. The second kappa shape index (κ2) is 10.9. The summed E-state index contributed by atoms with van der Waals surface area (Å²) in [5, 5.41) is 1.50. The molecule has 36 heavy (non-hydrogen) atoms. The van der Waals surface area contributed by atoms with Crippen LogP contribution < -0.4 is 14.4 Å². The number of rotatable bonds is 6. The number of hydrogen-bond acceptors (Lipinski definition) is 6. The molecule has 4 aromatic rings. The van der Waals surface area contributed by atoms with Crippen molar-refractivity contribution in [2.75, 3.05) is 19.1 Å². The Labute approximate surface area is 214 Å². The fraction of sp³-hybridized carbons (Fsp3) is 0.0690. The molecule has 7 heteroatoms. The van der Waals surface area contributed by atoms with Crippen molar-refractivity contribution in [2.45, 2.75) is 0 Å². The summed E-state index contributed by atoms with van der Waals surface area (Å²) in [4.78, 5) is 17.0. The third kappa shape index (κ3) is 5.31. The van der Waals surface area contributed by atoms with Crippen LogP contribution in [0, 0.1) is 0 Å². The van der Waals surface area contributed by atoms with E-state index in [0.717, 1.165) is 44.5 Å². The van der Waals surface area contributed by atoms with Crippen molar-refractivity contribution in [1.82, 2.24) is 0 Å². The van der Waals surface area contributed by atoms with Gasteiger partial charge in [0.1, 0.15) is 16.5 Å². The first-order chi connectivity index (χ1) is 17.7. The van der Waals surface area contributed by atoms with Crippen LogP contribution in [0.15, 0.2) is 124 Å². The van der Waals surface area contributed by atoms with Crippen molar-refractivity contribution >= 4 is 50.6 Å². The summed E-state index contributed by atoms with van der Waals surface area (Å²) in [6.07, 6.45) is 0. The van der Waals surface area contributed by atoms with Crippen LogP contribution in [0.25, 0.3) is 0 Å². The summed E-state index contributed by atoms with van der Waals surface area (Å²) in [5.74, 6) is 2.26. The maximum Gasteiger partial charge on any atom is 0.181 e. The Morgan fingerprint density at radius 2 is 1.06 bits per heavy atom. The second-order valence-electron chi connectivity index (χ2n) is 7.75. The van der Waals surface area contributed by atoms with Crippen LogP contribution in [0.4, 0.5) is 22.7 Å². The SMILES string of the molecule is COc1ccc(N=C2SC(=Nc3ccccc3)C(=Nc3ccccc3)N2c2ccc(OC)cc2)cc1. The highest BCUT2D eigenvalue weighted by atomic mass is 32.2. The minimum absolute atomic E-state index is 0.701. The minimum Gasteiger partial charge on any atom is -0.497 e. The van der Waals surface area contributed by atoms with Crippen molar-refractivity contribution in [1.29, 1.82) is 0 Å². The zero-order valence-corrected chi connectivity index (χ0v) is 20.7. The van der Waals surface area contributed by atoms with E-state index in [4.69, 9.17) is 24.5 Å². The van der Waals surface area contributed by atoms with Crippen LogP contribution in [-0.2, 0) is 0 Å². The highest BCUT2D eigenvalue weighted by Crippen LogP contribution is 2.35. The summed E-state index contributed by atoms with van der Waals surface area (Å²) in [6.45, 7) is 0. The third-order valence-corrected chi connectivity index (χ3v) is 6.31. The third-order valence-electron chi connectivity index (χ3n) is 5.39. The summed E-state index contributed by atoms with van der Waals surface area (Å²) in [5.41, 5.74) is 3.39. The largest absolute Gasteiger partial charge is 0.497 e. The predicted molar refractivity (Wildman–Crippen MR) is 150 cm³/mol. The molecule has 0 aliphatic carbocycles. The lowest BCUT2D eigenvalue weighted by Crippen LogP contribution is -2.30. The molecule has 1 aliphatic heterocycles. The molecule has 5 rings (SSSR count). The van der Waals surface area contributed by atoms with E-state index in [2.05, 4.69) is 0 Å². The van der Waals surface area contributed by atoms with Gasteiger partial charge in [-0.15, -0.1) is 0 Å². The number of benzene rings is 4. The van der Waals surface area contributed by atoms with E-state index in [-0.39, 0.29) is 0 Å². The number of ether oxygens (including phenoxy) is 2. The van der Waals surface area contributed by atoms with Gasteiger partial charge in [0.2, 0.25) is 0 Å². The molecule has 0 saturated carbocycles. The van der Waals surface area contributed by atoms with Gasteiger partial charge in [-0.25, -0.2) is 15.0 Å². The fourth-order valence-corrected chi connectivity index (χ4v) is 4.57. The Hall–Kier alpha value is -4.36. The maximum atomic E-state index is 5.38. The van der Waals surface area contributed by atoms with Gasteiger partial charge in [-0.05, 0) is 84.6 Å². The van der Waals surface area contributed by atoms with Crippen LogP contribution in [0.1, 0.15) is 0 Å². The number of thioether (sulfide) groups is 1. The van der Waals surface area contributed by atoms with Gasteiger partial charge < -0.3 is 9.47 Å². The molecule has 1 fully saturated rings. The number of aliphatic imine (C=N–C) groups is 3. The van der Waals surface area contributed by atoms with Gasteiger partial charge >= 0.3 is 0 Å². The Morgan fingerprint density at radius 3 is 1.61 bits per heavy atom. The van der Waals surface area contributed by atoms with E-state index in [1.54, 1.807) is 14.2 Å². The van der Waals surface area contributed by atoms with E-state index in [0.29, 0.717) is 5.84 Å². The Kier molecular flexibility index (Phi) is 7.10. The minimum atomic E-state index is 0.701. The molecule has 178 valence electrons. The van der Waals surface area contributed by atoms with E-state index in [9.17, 15) is 0 Å². The van der Waals surface area contributed by atoms with Crippen LogP contribution >= 0.6 is 11.8 Å². The van der Waals surface area contributed by atoms with Gasteiger partial charge in [0.05, 0.1) is 31.3 Å². The molecular formula is C29H24N4O2S. The fourth-order valence-electron chi connectivity index (χ4n) is 3.58. The molecule has 1 heterocycles. The van der Waals surface area contributed by atoms with Gasteiger partial charge in [-0.2, -0.15) is 0 Å². The molecule has 1 aliphatic rings. The number of hydrogen-bond donors (Lipinski definition) is 0. The zero-order chi connectivity index (χ0) is 24.7. The summed E-state index contributed by atoms with van der Waals surface area (Å²) in [6, 6.07) is 35.2. The molecule has 0 bridgehead atoms. The second-order valence-corrected chi connectivity index (χ2v) is 8.71. The van der Waals surface area contributed by atoms with Crippen molar-refractivity contribution < 1.29 is 9.47 Å². The van der Waals surface area contributed by atoms with E-state index >= 15 is 0 Å². The number of nitrogens with zero attached hydrogens (tertiary/aromatic N) is 4. The van der Waals surface area contributed by atoms with Gasteiger partial charge in [-0.1, -0.05) is 36.4 Å². The summed E-state index contributed by atoms with van der Waals surface area (Å²) >= 11 is 1.48. The van der Waals surface area contributed by atoms with Gasteiger partial charge in [0.25, 0.3) is 0 Å². The van der Waals surface area contributed by atoms with Crippen LogP contribution in [0.3, 0.4) is 0 Å². The van der Waals surface area contributed by atoms with Crippen molar-refractivity contribution in [3.63, 3.8) is 0 Å². The normalized spacial score (nSPS) is 16.6. The number of anilines is 1. The molecular weight excluding hydrogens is 468 g/mol. The first-order valence-corrected chi connectivity index (χ1v) is 12.2. The van der Waals surface area contributed by atoms with E-state index < -0.39 is 0 Å². The smallest absolute Gasteiger partial charge is 0.181 e. The first kappa shape index (κ1) is 23.4. The monoisotopic (exact) mass is 492 g/mol. The molecule has 0 atom stereocenters. The summed E-state index contributed by atoms with van der Waals surface area (Å²) in [7, 11) is 3.31. The predicted octanol–water partition coefficient (Wildman–Crippen LogP) is 7.41. The van der Waals surface area contributed by atoms with Crippen LogP contribution in [0.5, 0.6) is 11.5 Å². The van der Waals surface area contributed by atoms with Crippen molar-refractivity contribution in [2.24, 2.45) is 15.0 Å². The van der Waals surface area contributed by atoms with Gasteiger partial charge in [-0.3, -0.25) is 4.90 Å². The standard InChI is InChI=1S/C29H24N4O2S/c1-34-25-17-13-23(14-18-25)32-29-33(24-15-19-26(35-2)20-16-24)27(30-21-9-5-3-6-10-21)28(36-29)31-22-11-7-4-8-12-22/h3-20H,1-2H3. The van der Waals surface area contributed by atoms with Gasteiger partial charge in [0, 0.05) is 5.69 Å². The van der Waals surface area contributed by atoms with Crippen LogP contribution in [-0.4, -0.2) is 30.3 Å². The molecule has 0 spiro atoms. The lowest BCUT2D eigenvalue weighted by atomic mass is 10.2. The lowest BCUT2D eigenvalue weighted by molar-refractivity contribution is 0.415. The molecule has 1 saturated heterocycles. The number of amidine groups is 2. The van der Waals surface area contributed by atoms with Crippen LogP contribution in [0.2, 0.25) is 0 Å². The highest BCUT2D eigenvalue weighted by molar-refractivity contribution is 8.29. The Balaban J connectivity index is 1.67. The highest BCUT2D eigenvalue weighted by Gasteiger charge is 2.34. The molecule has 0 amide bonds. The van der Waals surface area contributed by atoms with Gasteiger partial charge in [0.15, 0.2) is 11.0 Å². The molecule has 0 unspecified atom stereocenters. The zero-order valence-electron chi connectivity index (χ0n) is 19.9. The first-order valence-electron chi connectivity index (χ1n) is 11.4. The number of methoxy groups -OCH3 is 2. The van der Waals surface area contributed by atoms with E-state index in [1.165, 1.54) is 11.8 Å². The quantitative estimate of drug-likeness (QED) is 0.281. The van der Waals surface area contributed by atoms with Crippen molar-refractivity contribution in [3.05, 3.63) is 109 Å². The lowest BCUT2D eigenvalue weighted by Gasteiger charge is -2.19. The Bertz CT molecular complexity index is 1400. The molecule has 4 aromatic carbocycles. The molecule has 0 radical (unpaired) electrons. The average molecular weight is 493 g/mol. The molecule has 6 nitrogen and oxygen atoms in total. The Morgan fingerprint density at radius 1 is 0.556 bits per heavy atom. The van der Waals surface area contributed by atoms with E-state index in [1.807, 2.05) is 114 Å². The van der Waals surface area contributed by atoms with Crippen molar-refractivity contribution in [3.8, 4) is 11.5 Å². The topological polar surface area (TPSA) is 58.8 Å².